The Bertz CT molecular complexity index is 597. The molecule has 21 heavy (non-hydrogen) atoms. The molecule has 1 aliphatic rings. The average Bonchev–Trinajstić information content (AvgIpc) is 2.82. The van der Waals surface area contributed by atoms with Gasteiger partial charge < -0.3 is 10.1 Å². The zero-order valence-electron chi connectivity index (χ0n) is 12.2. The molecule has 0 bridgehead atoms. The topological polar surface area (TPSA) is 72.5 Å². The summed E-state index contributed by atoms with van der Waals surface area (Å²) in [5.74, 6) is 0.937. The molecular weight excluding hydrogens is 290 g/mol. The van der Waals surface area contributed by atoms with Crippen molar-refractivity contribution in [2.45, 2.75) is 19.8 Å². The van der Waals surface area contributed by atoms with Crippen molar-refractivity contribution in [3.63, 3.8) is 0 Å². The molecule has 1 N–H and O–H groups in total. The van der Waals surface area contributed by atoms with Crippen LogP contribution in [0.15, 0.2) is 24.3 Å². The van der Waals surface area contributed by atoms with Gasteiger partial charge in [-0.15, -0.1) is 0 Å². The lowest BCUT2D eigenvalue weighted by molar-refractivity contribution is -0.123. The van der Waals surface area contributed by atoms with Crippen LogP contribution in [0.4, 0.5) is 0 Å². The summed E-state index contributed by atoms with van der Waals surface area (Å²) in [5.41, 5.74) is 1.06. The maximum atomic E-state index is 11.7. The van der Waals surface area contributed by atoms with Gasteiger partial charge in [-0.25, -0.2) is 8.42 Å². The van der Waals surface area contributed by atoms with Gasteiger partial charge in [0.15, 0.2) is 16.4 Å². The number of hydrogen-bond acceptors (Lipinski definition) is 4. The third kappa shape index (κ3) is 4.74. The molecule has 1 unspecified atom stereocenters. The van der Waals surface area contributed by atoms with Crippen molar-refractivity contribution in [1.82, 2.24) is 5.32 Å². The van der Waals surface area contributed by atoms with Crippen molar-refractivity contribution in [3.8, 4) is 5.75 Å². The van der Waals surface area contributed by atoms with Crippen LogP contribution in [0.5, 0.6) is 5.75 Å². The van der Waals surface area contributed by atoms with Crippen molar-refractivity contribution >= 4 is 15.7 Å². The second-order valence-electron chi connectivity index (χ2n) is 5.32. The van der Waals surface area contributed by atoms with E-state index in [1.54, 1.807) is 0 Å². The molecule has 1 aromatic carbocycles. The summed E-state index contributed by atoms with van der Waals surface area (Å²) in [4.78, 5) is 11.7. The van der Waals surface area contributed by atoms with E-state index in [2.05, 4.69) is 5.32 Å². The van der Waals surface area contributed by atoms with E-state index < -0.39 is 9.84 Å². The van der Waals surface area contributed by atoms with E-state index in [1.165, 1.54) is 0 Å². The number of carbonyl (C=O) groups is 1. The summed E-state index contributed by atoms with van der Waals surface area (Å²) in [6, 6.07) is 7.62. The number of amides is 1. The molecule has 0 aromatic heterocycles. The molecule has 1 fully saturated rings. The fourth-order valence-corrected chi connectivity index (χ4v) is 4.28. The first kappa shape index (κ1) is 15.8. The Morgan fingerprint density at radius 1 is 1.38 bits per heavy atom. The molecule has 116 valence electrons. The number of rotatable bonds is 6. The SMILES string of the molecule is CCc1ccccc1OCC(=O)NCC1CCS(=O)(=O)C1. The van der Waals surface area contributed by atoms with Crippen LogP contribution in [0.1, 0.15) is 18.9 Å². The molecule has 1 aliphatic heterocycles. The quantitative estimate of drug-likeness (QED) is 0.856. The van der Waals surface area contributed by atoms with Gasteiger partial charge in [-0.3, -0.25) is 4.79 Å². The molecule has 1 atom stereocenters. The summed E-state index contributed by atoms with van der Waals surface area (Å²) in [7, 11) is -2.89. The second-order valence-corrected chi connectivity index (χ2v) is 7.55. The summed E-state index contributed by atoms with van der Waals surface area (Å²) < 4.78 is 28.2. The maximum absolute atomic E-state index is 11.7. The van der Waals surface area contributed by atoms with Gasteiger partial charge in [-0.05, 0) is 30.4 Å². The van der Waals surface area contributed by atoms with Gasteiger partial charge in [0.05, 0.1) is 11.5 Å². The number of sulfone groups is 1. The number of hydrogen-bond donors (Lipinski definition) is 1. The molecule has 6 heteroatoms. The highest BCUT2D eigenvalue weighted by Gasteiger charge is 2.27. The molecule has 5 nitrogen and oxygen atoms in total. The van der Waals surface area contributed by atoms with Crippen molar-refractivity contribution in [2.24, 2.45) is 5.92 Å². The van der Waals surface area contributed by atoms with Gasteiger partial charge in [-0.2, -0.15) is 0 Å². The zero-order chi connectivity index (χ0) is 15.3. The number of nitrogens with one attached hydrogen (secondary N) is 1. The second kappa shape index (κ2) is 6.93. The van der Waals surface area contributed by atoms with E-state index in [0.29, 0.717) is 13.0 Å². The molecule has 1 amide bonds. The van der Waals surface area contributed by atoms with Crippen LogP contribution in [0.3, 0.4) is 0 Å². The lowest BCUT2D eigenvalue weighted by atomic mass is 10.1. The molecular formula is C15H21NO4S. The predicted octanol–water partition coefficient (Wildman–Crippen LogP) is 1.18. The van der Waals surface area contributed by atoms with Crippen LogP contribution in [0, 0.1) is 5.92 Å². The number of carbonyl (C=O) groups excluding carboxylic acids is 1. The Balaban J connectivity index is 1.75. The molecule has 2 rings (SSSR count). The summed E-state index contributed by atoms with van der Waals surface area (Å²) in [6.07, 6.45) is 1.47. The third-order valence-electron chi connectivity index (χ3n) is 3.63. The predicted molar refractivity (Wildman–Crippen MR) is 81.1 cm³/mol. The number of aryl methyl sites for hydroxylation is 1. The van der Waals surface area contributed by atoms with Crippen LogP contribution in [-0.2, 0) is 21.1 Å². The van der Waals surface area contributed by atoms with Crippen molar-refractivity contribution < 1.29 is 17.9 Å². The summed E-state index contributed by atoms with van der Waals surface area (Å²) in [6.45, 7) is 2.39. The van der Waals surface area contributed by atoms with E-state index in [1.807, 2.05) is 31.2 Å². The average molecular weight is 311 g/mol. The largest absolute Gasteiger partial charge is 0.483 e. The summed E-state index contributed by atoms with van der Waals surface area (Å²) in [5, 5.41) is 2.74. The van der Waals surface area contributed by atoms with E-state index in [4.69, 9.17) is 4.74 Å². The van der Waals surface area contributed by atoms with Gasteiger partial charge in [0, 0.05) is 6.54 Å². The monoisotopic (exact) mass is 311 g/mol. The Hall–Kier alpha value is -1.56. The van der Waals surface area contributed by atoms with Gasteiger partial charge in [0.25, 0.3) is 5.91 Å². The Kier molecular flexibility index (Phi) is 5.22. The Labute approximate surface area is 125 Å². The third-order valence-corrected chi connectivity index (χ3v) is 5.46. The molecule has 0 spiro atoms. The van der Waals surface area contributed by atoms with Crippen molar-refractivity contribution in [3.05, 3.63) is 29.8 Å². The van der Waals surface area contributed by atoms with Crippen LogP contribution in [0.2, 0.25) is 0 Å². The van der Waals surface area contributed by atoms with Crippen LogP contribution in [-0.4, -0.2) is 39.0 Å². The smallest absolute Gasteiger partial charge is 0.257 e. The Morgan fingerprint density at radius 2 is 2.14 bits per heavy atom. The van der Waals surface area contributed by atoms with Crippen molar-refractivity contribution in [2.75, 3.05) is 24.7 Å². The minimum atomic E-state index is -2.89. The van der Waals surface area contributed by atoms with Crippen LogP contribution in [0.25, 0.3) is 0 Å². The molecule has 0 aliphatic carbocycles. The lowest BCUT2D eigenvalue weighted by Gasteiger charge is -2.12. The zero-order valence-corrected chi connectivity index (χ0v) is 13.0. The highest BCUT2D eigenvalue weighted by molar-refractivity contribution is 7.91. The molecule has 1 heterocycles. The minimum absolute atomic E-state index is 0.0295. The van der Waals surface area contributed by atoms with E-state index in [-0.39, 0.29) is 29.9 Å². The maximum Gasteiger partial charge on any atom is 0.257 e. The molecule has 1 aromatic rings. The fraction of sp³-hybridized carbons (Fsp3) is 0.533. The highest BCUT2D eigenvalue weighted by Crippen LogP contribution is 2.18. The van der Waals surface area contributed by atoms with Crippen LogP contribution < -0.4 is 10.1 Å². The number of ether oxygens (including phenoxy) is 1. The van der Waals surface area contributed by atoms with E-state index in [9.17, 15) is 13.2 Å². The van der Waals surface area contributed by atoms with Gasteiger partial charge in [0.2, 0.25) is 0 Å². The normalized spacial score (nSPS) is 20.1. The first-order chi connectivity index (χ1) is 10.00. The lowest BCUT2D eigenvalue weighted by Crippen LogP contribution is -2.33. The van der Waals surface area contributed by atoms with Gasteiger partial charge in [0.1, 0.15) is 5.75 Å². The summed E-state index contributed by atoms with van der Waals surface area (Å²) >= 11 is 0. The Morgan fingerprint density at radius 3 is 2.81 bits per heavy atom. The first-order valence-corrected chi connectivity index (χ1v) is 9.00. The minimum Gasteiger partial charge on any atom is -0.483 e. The van der Waals surface area contributed by atoms with Crippen molar-refractivity contribution in [1.29, 1.82) is 0 Å². The molecule has 0 radical (unpaired) electrons. The molecule has 1 saturated heterocycles. The first-order valence-electron chi connectivity index (χ1n) is 7.18. The number of para-hydroxylation sites is 1. The van der Waals surface area contributed by atoms with Gasteiger partial charge >= 0.3 is 0 Å². The fourth-order valence-electron chi connectivity index (χ4n) is 2.42. The van der Waals surface area contributed by atoms with Gasteiger partial charge in [-0.1, -0.05) is 25.1 Å². The van der Waals surface area contributed by atoms with E-state index >= 15 is 0 Å². The van der Waals surface area contributed by atoms with E-state index in [0.717, 1.165) is 17.7 Å². The standard InChI is InChI=1S/C15H21NO4S/c1-2-13-5-3-4-6-14(13)20-10-15(17)16-9-12-7-8-21(18,19)11-12/h3-6,12H,2,7-11H2,1H3,(H,16,17). The number of benzene rings is 1. The van der Waals surface area contributed by atoms with Crippen LogP contribution >= 0.6 is 0 Å². The highest BCUT2D eigenvalue weighted by atomic mass is 32.2. The molecule has 0 saturated carbocycles.